The second kappa shape index (κ2) is 4.65. The molecule has 2 aromatic heterocycles. The number of anilines is 1. The van der Waals surface area contributed by atoms with E-state index in [1.54, 1.807) is 13.0 Å². The Morgan fingerprint density at radius 3 is 3.16 bits per heavy atom. The lowest BCUT2D eigenvalue weighted by molar-refractivity contribution is 0.504. The number of H-pyrrole nitrogens is 1. The zero-order chi connectivity index (χ0) is 13.4. The van der Waals surface area contributed by atoms with Crippen molar-refractivity contribution < 1.29 is 0 Å². The second-order valence-electron chi connectivity index (χ2n) is 5.15. The summed E-state index contributed by atoms with van der Waals surface area (Å²) < 4.78 is 1.45. The zero-order valence-electron chi connectivity index (χ0n) is 10.9. The molecule has 0 saturated heterocycles. The number of aromatic nitrogens is 4. The molecule has 0 aromatic carbocycles. The molecule has 1 fully saturated rings. The van der Waals surface area contributed by atoms with E-state index in [9.17, 15) is 4.79 Å². The maximum atomic E-state index is 11.5. The fraction of sp³-hybridized carbons (Fsp3) is 0.583. The molecule has 2 atom stereocenters. The summed E-state index contributed by atoms with van der Waals surface area (Å²) in [5, 5.41) is 9.67. The van der Waals surface area contributed by atoms with Crippen molar-refractivity contribution in [2.75, 3.05) is 11.9 Å². The number of aromatic amines is 1. The molecule has 0 bridgehead atoms. The van der Waals surface area contributed by atoms with Gasteiger partial charge in [-0.2, -0.15) is 5.10 Å². The van der Waals surface area contributed by atoms with E-state index >= 15 is 0 Å². The van der Waals surface area contributed by atoms with Gasteiger partial charge >= 0.3 is 5.69 Å². The third-order valence-corrected chi connectivity index (χ3v) is 3.83. The largest absolute Gasteiger partial charge is 0.370 e. The first-order valence-corrected chi connectivity index (χ1v) is 6.59. The van der Waals surface area contributed by atoms with Crippen molar-refractivity contribution in [1.29, 1.82) is 0 Å². The van der Waals surface area contributed by atoms with Gasteiger partial charge < -0.3 is 11.1 Å². The minimum absolute atomic E-state index is 0.260. The molecule has 3 rings (SSSR count). The minimum Gasteiger partial charge on any atom is -0.370 e. The molecule has 7 nitrogen and oxygen atoms in total. The van der Waals surface area contributed by atoms with Crippen LogP contribution in [0.3, 0.4) is 0 Å². The molecule has 1 aliphatic carbocycles. The first kappa shape index (κ1) is 12.2. The van der Waals surface area contributed by atoms with Crippen LogP contribution in [0.2, 0.25) is 0 Å². The van der Waals surface area contributed by atoms with Crippen molar-refractivity contribution in [3.8, 4) is 0 Å². The maximum Gasteiger partial charge on any atom is 0.349 e. The summed E-state index contributed by atoms with van der Waals surface area (Å²) in [6.45, 7) is 2.61. The van der Waals surface area contributed by atoms with E-state index in [1.165, 1.54) is 10.8 Å². The molecule has 0 aliphatic heterocycles. The van der Waals surface area contributed by atoms with Crippen molar-refractivity contribution in [1.82, 2.24) is 19.6 Å². The molecule has 1 saturated carbocycles. The van der Waals surface area contributed by atoms with Gasteiger partial charge in [0.05, 0.1) is 0 Å². The Morgan fingerprint density at radius 2 is 2.42 bits per heavy atom. The smallest absolute Gasteiger partial charge is 0.349 e. The Kier molecular flexibility index (Phi) is 2.98. The normalized spacial score (nSPS) is 23.1. The molecule has 102 valence electrons. The van der Waals surface area contributed by atoms with E-state index < -0.39 is 0 Å². The van der Waals surface area contributed by atoms with E-state index in [4.69, 9.17) is 5.73 Å². The number of hydrogen-bond acceptors (Lipinski definition) is 5. The summed E-state index contributed by atoms with van der Waals surface area (Å²) in [5.41, 5.74) is 6.36. The van der Waals surface area contributed by atoms with Gasteiger partial charge in [-0.05, 0) is 25.7 Å². The van der Waals surface area contributed by atoms with Crippen LogP contribution in [-0.4, -0.2) is 32.2 Å². The Balaban J connectivity index is 1.80. The molecule has 2 heterocycles. The van der Waals surface area contributed by atoms with Gasteiger partial charge in [0, 0.05) is 18.7 Å². The van der Waals surface area contributed by atoms with Crippen molar-refractivity contribution >= 4 is 11.5 Å². The molecular weight excluding hydrogens is 244 g/mol. The molecule has 1 aliphatic rings. The summed E-state index contributed by atoms with van der Waals surface area (Å²) in [7, 11) is 0. The summed E-state index contributed by atoms with van der Waals surface area (Å²) in [6, 6.07) is 2.05. The Labute approximate surface area is 110 Å². The third kappa shape index (κ3) is 2.21. The van der Waals surface area contributed by atoms with Gasteiger partial charge in [0.15, 0.2) is 5.65 Å². The summed E-state index contributed by atoms with van der Waals surface area (Å²) >= 11 is 0. The van der Waals surface area contributed by atoms with Crippen LogP contribution in [0.5, 0.6) is 0 Å². The van der Waals surface area contributed by atoms with Crippen molar-refractivity contribution in [3.05, 3.63) is 22.4 Å². The van der Waals surface area contributed by atoms with E-state index in [-0.39, 0.29) is 11.7 Å². The average molecular weight is 262 g/mol. The fourth-order valence-corrected chi connectivity index (χ4v) is 2.74. The molecule has 4 N–H and O–H groups in total. The monoisotopic (exact) mass is 262 g/mol. The topological polar surface area (TPSA) is 101 Å². The number of fused-ring (bicyclic) bond motifs is 1. The van der Waals surface area contributed by atoms with E-state index in [2.05, 4.69) is 20.5 Å². The van der Waals surface area contributed by atoms with Crippen molar-refractivity contribution in [3.63, 3.8) is 0 Å². The number of hydrogen-bond donors (Lipinski definition) is 3. The number of nitrogens with one attached hydrogen (secondary N) is 2. The van der Waals surface area contributed by atoms with E-state index in [1.807, 2.05) is 0 Å². The highest BCUT2D eigenvalue weighted by Crippen LogP contribution is 2.24. The molecule has 0 amide bonds. The van der Waals surface area contributed by atoms with Gasteiger partial charge in [0.2, 0.25) is 0 Å². The van der Waals surface area contributed by atoms with Crippen LogP contribution in [0.1, 0.15) is 25.1 Å². The van der Waals surface area contributed by atoms with E-state index in [0.29, 0.717) is 17.4 Å². The number of nitrogens with two attached hydrogens (primary N) is 1. The van der Waals surface area contributed by atoms with Gasteiger partial charge in [-0.3, -0.25) is 0 Å². The lowest BCUT2D eigenvalue weighted by Crippen LogP contribution is -2.29. The first-order valence-electron chi connectivity index (χ1n) is 6.59. The van der Waals surface area contributed by atoms with Crippen LogP contribution in [0.25, 0.3) is 5.65 Å². The average Bonchev–Trinajstić information content (AvgIpc) is 2.94. The Bertz CT molecular complexity index is 645. The van der Waals surface area contributed by atoms with Gasteiger partial charge in [-0.15, -0.1) is 0 Å². The predicted molar refractivity (Wildman–Crippen MR) is 72.2 cm³/mol. The summed E-state index contributed by atoms with van der Waals surface area (Å²) in [4.78, 5) is 15.9. The fourth-order valence-electron chi connectivity index (χ4n) is 2.74. The quantitative estimate of drug-likeness (QED) is 0.737. The highest BCUT2D eigenvalue weighted by Gasteiger charge is 2.23. The molecule has 7 heteroatoms. The number of nitrogens with zero attached hydrogens (tertiary/aromatic N) is 3. The molecule has 2 unspecified atom stereocenters. The highest BCUT2D eigenvalue weighted by molar-refractivity contribution is 5.49. The minimum atomic E-state index is -0.260. The number of rotatable bonds is 3. The standard InChI is InChI=1S/C12H18N6O/c1-7-15-10(5-11-16-17-12(19)18(7)11)14-6-8-3-2-4-9(8)13/h5,8-9,14H,2-4,6,13H2,1H3,(H,17,19). The highest BCUT2D eigenvalue weighted by atomic mass is 16.1. The van der Waals surface area contributed by atoms with E-state index in [0.717, 1.165) is 25.2 Å². The van der Waals surface area contributed by atoms with Crippen LogP contribution < -0.4 is 16.7 Å². The van der Waals surface area contributed by atoms with Crippen molar-refractivity contribution in [2.24, 2.45) is 11.7 Å². The zero-order valence-corrected chi connectivity index (χ0v) is 10.9. The maximum absolute atomic E-state index is 11.5. The molecular formula is C12H18N6O. The lowest BCUT2D eigenvalue weighted by atomic mass is 10.1. The second-order valence-corrected chi connectivity index (χ2v) is 5.15. The molecule has 2 aromatic rings. The van der Waals surface area contributed by atoms with Crippen LogP contribution in [0.4, 0.5) is 5.82 Å². The van der Waals surface area contributed by atoms with Crippen LogP contribution in [0, 0.1) is 12.8 Å². The molecule has 0 radical (unpaired) electrons. The van der Waals surface area contributed by atoms with Gasteiger partial charge in [0.25, 0.3) is 0 Å². The van der Waals surface area contributed by atoms with Gasteiger partial charge in [0.1, 0.15) is 11.6 Å². The van der Waals surface area contributed by atoms with Gasteiger partial charge in [-0.25, -0.2) is 19.3 Å². The molecule has 19 heavy (non-hydrogen) atoms. The Hall–Kier alpha value is -1.89. The SMILES string of the molecule is Cc1nc(NCC2CCCC2N)cc2n[nH]c(=O)n12. The third-order valence-electron chi connectivity index (χ3n) is 3.83. The van der Waals surface area contributed by atoms with Crippen LogP contribution >= 0.6 is 0 Å². The van der Waals surface area contributed by atoms with Crippen molar-refractivity contribution in [2.45, 2.75) is 32.2 Å². The molecule has 0 spiro atoms. The van der Waals surface area contributed by atoms with Crippen LogP contribution in [-0.2, 0) is 0 Å². The van der Waals surface area contributed by atoms with Gasteiger partial charge in [-0.1, -0.05) is 6.42 Å². The lowest BCUT2D eigenvalue weighted by Gasteiger charge is -2.16. The Morgan fingerprint density at radius 1 is 1.58 bits per heavy atom. The predicted octanol–water partition coefficient (Wildman–Crippen LogP) is 0.265. The summed E-state index contributed by atoms with van der Waals surface area (Å²) in [6.07, 6.45) is 3.47. The number of aryl methyl sites for hydroxylation is 1. The first-order chi connectivity index (χ1) is 9.15. The van der Waals surface area contributed by atoms with Crippen LogP contribution in [0.15, 0.2) is 10.9 Å². The summed E-state index contributed by atoms with van der Waals surface area (Å²) in [5.74, 6) is 1.86.